The summed E-state index contributed by atoms with van der Waals surface area (Å²) in [7, 11) is 0. The molecule has 2 fully saturated rings. The Labute approximate surface area is 211 Å². The third kappa shape index (κ3) is 3.54. The van der Waals surface area contributed by atoms with Gasteiger partial charge in [-0.2, -0.15) is 0 Å². The summed E-state index contributed by atoms with van der Waals surface area (Å²) in [4.78, 5) is 41.3. The van der Waals surface area contributed by atoms with Gasteiger partial charge in [0.05, 0.1) is 10.9 Å². The quantitative estimate of drug-likeness (QED) is 0.353. The van der Waals surface area contributed by atoms with Crippen LogP contribution in [0.25, 0.3) is 21.9 Å². The minimum atomic E-state index is -0.529. The number of aromatic nitrogens is 4. The molecule has 3 N–H and O–H groups in total. The van der Waals surface area contributed by atoms with Crippen molar-refractivity contribution in [3.63, 3.8) is 0 Å². The smallest absolute Gasteiger partial charge is 0.248 e. The van der Waals surface area contributed by atoms with Crippen molar-refractivity contribution >= 4 is 77.2 Å². The highest BCUT2D eigenvalue weighted by Crippen LogP contribution is 2.48. The molecule has 2 unspecified atom stereocenters. The van der Waals surface area contributed by atoms with E-state index in [-0.39, 0.29) is 24.4 Å². The van der Waals surface area contributed by atoms with Crippen LogP contribution in [-0.4, -0.2) is 48.3 Å². The Morgan fingerprint density at radius 1 is 1.15 bits per heavy atom. The first-order chi connectivity index (χ1) is 16.4. The second-order valence-electron chi connectivity index (χ2n) is 8.66. The number of likely N-dealkylation sites (tertiary alicyclic amines) is 1. The number of halogens is 2. The molecule has 11 heteroatoms. The Hall–Kier alpha value is -3.05. The highest BCUT2D eigenvalue weighted by molar-refractivity contribution is 9.10. The van der Waals surface area contributed by atoms with Gasteiger partial charge in [-0.25, -0.2) is 15.0 Å². The van der Waals surface area contributed by atoms with Crippen LogP contribution in [0.15, 0.2) is 51.8 Å². The topological polar surface area (TPSA) is 119 Å². The highest BCUT2D eigenvalue weighted by atomic mass is 79.9. The fourth-order valence-electron chi connectivity index (χ4n) is 5.02. The molecule has 9 nitrogen and oxygen atoms in total. The van der Waals surface area contributed by atoms with Crippen LogP contribution < -0.4 is 11.1 Å². The van der Waals surface area contributed by atoms with Gasteiger partial charge < -0.3 is 20.5 Å². The molecule has 6 rings (SSSR count). The number of carbonyl (C=O) groups excluding carboxylic acids is 2. The van der Waals surface area contributed by atoms with Crippen LogP contribution in [0.5, 0.6) is 0 Å². The average Bonchev–Trinajstić information content (AvgIpc) is 3.35. The molecule has 0 radical (unpaired) electrons. The van der Waals surface area contributed by atoms with Gasteiger partial charge in [0.25, 0.3) is 0 Å². The molecule has 0 bridgehead atoms. The summed E-state index contributed by atoms with van der Waals surface area (Å²) in [6.07, 6.45) is 2.99. The van der Waals surface area contributed by atoms with Gasteiger partial charge in [0, 0.05) is 15.9 Å². The van der Waals surface area contributed by atoms with Crippen LogP contribution in [-0.2, 0) is 16.1 Å². The number of pyridine rings is 1. The Kier molecular flexibility index (Phi) is 5.07. The zero-order valence-corrected chi connectivity index (χ0v) is 21.0. The van der Waals surface area contributed by atoms with Gasteiger partial charge in [-0.1, -0.05) is 22.0 Å². The SMILES string of the molecule is Nc1ncnc2c1c1cc(Br)ccc1n2CC(=O)N1C(C(=O)Nc2cccc(Br)n2)CC2C[C@H]21. The van der Waals surface area contributed by atoms with Crippen molar-refractivity contribution in [3.8, 4) is 0 Å². The van der Waals surface area contributed by atoms with Crippen LogP contribution in [0.3, 0.4) is 0 Å². The van der Waals surface area contributed by atoms with E-state index in [2.05, 4.69) is 52.1 Å². The van der Waals surface area contributed by atoms with Gasteiger partial charge in [0.1, 0.15) is 40.8 Å². The molecule has 1 aliphatic heterocycles. The number of fused-ring (bicyclic) bond motifs is 4. The number of hydrogen-bond acceptors (Lipinski definition) is 6. The third-order valence-corrected chi connectivity index (χ3v) is 7.52. The summed E-state index contributed by atoms with van der Waals surface area (Å²) in [5.74, 6) is 0.839. The number of carbonyl (C=O) groups is 2. The Balaban J connectivity index is 1.32. The van der Waals surface area contributed by atoms with Crippen molar-refractivity contribution in [3.05, 3.63) is 51.8 Å². The van der Waals surface area contributed by atoms with E-state index in [9.17, 15) is 9.59 Å². The largest absolute Gasteiger partial charge is 0.383 e. The van der Waals surface area contributed by atoms with Crippen molar-refractivity contribution in [2.45, 2.75) is 31.5 Å². The van der Waals surface area contributed by atoms with E-state index in [1.54, 1.807) is 23.1 Å². The molecule has 1 saturated carbocycles. The van der Waals surface area contributed by atoms with Crippen molar-refractivity contribution in [1.82, 2.24) is 24.4 Å². The lowest BCUT2D eigenvalue weighted by Crippen LogP contribution is -2.46. The van der Waals surface area contributed by atoms with E-state index in [1.165, 1.54) is 6.33 Å². The van der Waals surface area contributed by atoms with Gasteiger partial charge >= 0.3 is 0 Å². The molecule has 2 amide bonds. The first kappa shape index (κ1) is 21.5. The standard InChI is InChI=1S/C23H19Br2N7O2/c24-12-4-5-14-13(8-12)20-21(26)27-10-28-22(20)31(14)9-19(33)32-15-6-11(15)7-16(32)23(34)30-18-3-1-2-17(25)29-18/h1-5,8,10-11,15-16H,6-7,9H2,(H2,26,27,28)(H,29,30,34)/t11?,15-,16?/m1/s1. The summed E-state index contributed by atoms with van der Waals surface area (Å²) in [5.41, 5.74) is 7.61. The number of anilines is 2. The van der Waals surface area contributed by atoms with E-state index < -0.39 is 6.04 Å². The fourth-order valence-corrected chi connectivity index (χ4v) is 5.73. The number of rotatable bonds is 4. The van der Waals surface area contributed by atoms with Gasteiger partial charge in [0.2, 0.25) is 11.8 Å². The molecule has 3 atom stereocenters. The van der Waals surface area contributed by atoms with Crippen molar-refractivity contribution < 1.29 is 9.59 Å². The molecule has 34 heavy (non-hydrogen) atoms. The number of hydrogen-bond donors (Lipinski definition) is 2. The zero-order valence-electron chi connectivity index (χ0n) is 17.8. The molecule has 4 aromatic rings. The lowest BCUT2D eigenvalue weighted by Gasteiger charge is -2.27. The summed E-state index contributed by atoms with van der Waals surface area (Å²) < 4.78 is 3.39. The summed E-state index contributed by atoms with van der Waals surface area (Å²) in [5, 5.41) is 4.45. The average molecular weight is 585 g/mol. The Morgan fingerprint density at radius 2 is 2.00 bits per heavy atom. The minimum absolute atomic E-state index is 0.0558. The first-order valence-corrected chi connectivity index (χ1v) is 12.4. The molecule has 4 heterocycles. The van der Waals surface area contributed by atoms with Gasteiger partial charge in [-0.15, -0.1) is 0 Å². The number of amides is 2. The van der Waals surface area contributed by atoms with Crippen molar-refractivity contribution in [2.24, 2.45) is 5.92 Å². The number of benzene rings is 1. The van der Waals surface area contributed by atoms with Gasteiger partial charge in [0.15, 0.2) is 0 Å². The lowest BCUT2D eigenvalue weighted by molar-refractivity contribution is -0.138. The number of nitrogens with one attached hydrogen (secondary N) is 1. The van der Waals surface area contributed by atoms with Crippen LogP contribution in [0.2, 0.25) is 0 Å². The number of nitrogen functional groups attached to an aromatic ring is 1. The summed E-state index contributed by atoms with van der Waals surface area (Å²) in [6, 6.07) is 10.7. The molecule has 2 aliphatic rings. The van der Waals surface area contributed by atoms with Crippen molar-refractivity contribution in [1.29, 1.82) is 0 Å². The van der Waals surface area contributed by atoms with Gasteiger partial charge in [-0.05, 0) is 65.0 Å². The number of nitrogens with zero attached hydrogens (tertiary/aromatic N) is 5. The minimum Gasteiger partial charge on any atom is -0.383 e. The first-order valence-electron chi connectivity index (χ1n) is 10.8. The molecule has 0 spiro atoms. The molecule has 1 aromatic carbocycles. The van der Waals surface area contributed by atoms with E-state index in [0.717, 1.165) is 21.8 Å². The maximum Gasteiger partial charge on any atom is 0.248 e. The second-order valence-corrected chi connectivity index (χ2v) is 10.4. The van der Waals surface area contributed by atoms with E-state index in [1.807, 2.05) is 22.8 Å². The predicted octanol–water partition coefficient (Wildman–Crippen LogP) is 3.71. The monoisotopic (exact) mass is 583 g/mol. The van der Waals surface area contributed by atoms with Crippen LogP contribution in [0.4, 0.5) is 11.6 Å². The predicted molar refractivity (Wildman–Crippen MR) is 135 cm³/mol. The van der Waals surface area contributed by atoms with Crippen molar-refractivity contribution in [2.75, 3.05) is 11.1 Å². The molecule has 172 valence electrons. The van der Waals surface area contributed by atoms with E-state index >= 15 is 0 Å². The number of piperidine rings is 1. The zero-order chi connectivity index (χ0) is 23.6. The molecular weight excluding hydrogens is 566 g/mol. The van der Waals surface area contributed by atoms with E-state index in [0.29, 0.717) is 39.6 Å². The second kappa shape index (κ2) is 8.02. The summed E-state index contributed by atoms with van der Waals surface area (Å²) >= 11 is 6.82. The maximum atomic E-state index is 13.6. The van der Waals surface area contributed by atoms with Crippen LogP contribution in [0.1, 0.15) is 12.8 Å². The molecule has 1 aliphatic carbocycles. The molecule has 1 saturated heterocycles. The molecular formula is C23H19Br2N7O2. The van der Waals surface area contributed by atoms with Crippen LogP contribution in [0, 0.1) is 5.92 Å². The Bertz CT molecular complexity index is 1490. The maximum absolute atomic E-state index is 13.6. The van der Waals surface area contributed by atoms with Gasteiger partial charge in [-0.3, -0.25) is 9.59 Å². The Morgan fingerprint density at radius 3 is 2.82 bits per heavy atom. The lowest BCUT2D eigenvalue weighted by atomic mass is 10.1. The normalized spacial score (nSPS) is 21.1. The highest BCUT2D eigenvalue weighted by Gasteiger charge is 2.56. The molecule has 3 aromatic heterocycles. The van der Waals surface area contributed by atoms with Crippen LogP contribution >= 0.6 is 31.9 Å². The number of nitrogens with two attached hydrogens (primary N) is 1. The third-order valence-electron chi connectivity index (χ3n) is 6.59. The fraction of sp³-hybridized carbons (Fsp3) is 0.261. The summed E-state index contributed by atoms with van der Waals surface area (Å²) in [6.45, 7) is 0.0558. The van der Waals surface area contributed by atoms with E-state index in [4.69, 9.17) is 5.73 Å².